The molecule has 1 aromatic heterocycles. The maximum atomic E-state index is 13.4. The third kappa shape index (κ3) is 6.82. The number of primary amides is 1. The van der Waals surface area contributed by atoms with E-state index in [2.05, 4.69) is 20.6 Å². The summed E-state index contributed by atoms with van der Waals surface area (Å²) in [5.74, 6) is -1.38. The lowest BCUT2D eigenvalue weighted by molar-refractivity contribution is -0.119. The maximum absolute atomic E-state index is 13.4. The first kappa shape index (κ1) is 23.3. The van der Waals surface area contributed by atoms with Crippen molar-refractivity contribution in [3.8, 4) is 5.75 Å². The summed E-state index contributed by atoms with van der Waals surface area (Å²) in [4.78, 5) is 43.4. The number of carbonyl (C=O) groups is 3. The van der Waals surface area contributed by atoms with Gasteiger partial charge in [-0.15, -0.1) is 0 Å². The van der Waals surface area contributed by atoms with Crippen molar-refractivity contribution in [3.63, 3.8) is 0 Å². The summed E-state index contributed by atoms with van der Waals surface area (Å²) in [6.07, 6.45) is 1.14. The molecule has 0 atom stereocenters. The Labute approximate surface area is 189 Å². The Morgan fingerprint density at radius 3 is 2.06 bits per heavy atom. The number of nitrogens with one attached hydrogen (secondary N) is 2. The van der Waals surface area contributed by atoms with E-state index in [1.165, 1.54) is 12.1 Å². The first-order valence-corrected chi connectivity index (χ1v) is 9.95. The van der Waals surface area contributed by atoms with Crippen molar-refractivity contribution in [2.24, 2.45) is 5.73 Å². The molecule has 4 N–H and O–H groups in total. The molecule has 0 fully saturated rings. The van der Waals surface area contributed by atoms with E-state index in [0.717, 1.165) is 17.5 Å². The smallest absolute Gasteiger partial charge is 0.270 e. The van der Waals surface area contributed by atoms with Crippen LogP contribution in [0, 0.1) is 12.7 Å². The van der Waals surface area contributed by atoms with Crippen molar-refractivity contribution < 1.29 is 23.5 Å². The van der Waals surface area contributed by atoms with Crippen molar-refractivity contribution in [1.82, 2.24) is 20.6 Å². The average molecular weight is 451 g/mol. The number of aryl methyl sites for hydroxylation is 1. The Balaban J connectivity index is 1.54. The van der Waals surface area contributed by atoms with Crippen LogP contribution in [0.15, 0.2) is 54.9 Å². The molecule has 0 saturated carbocycles. The molecule has 9 nitrogen and oxygen atoms in total. The molecule has 170 valence electrons. The first-order valence-electron chi connectivity index (χ1n) is 9.95. The average Bonchev–Trinajstić information content (AvgIpc) is 2.82. The molecule has 0 saturated heterocycles. The van der Waals surface area contributed by atoms with E-state index >= 15 is 0 Å². The van der Waals surface area contributed by atoms with Crippen molar-refractivity contribution >= 4 is 17.7 Å². The molecule has 0 aliphatic carbocycles. The van der Waals surface area contributed by atoms with Gasteiger partial charge in [0.1, 0.15) is 29.3 Å². The zero-order valence-corrected chi connectivity index (χ0v) is 17.8. The van der Waals surface area contributed by atoms with E-state index in [4.69, 9.17) is 10.5 Å². The number of aromatic nitrogens is 2. The number of nitrogens with zero attached hydrogens (tertiary/aromatic N) is 2. The molecular weight excluding hydrogens is 429 g/mol. The fourth-order valence-electron chi connectivity index (χ4n) is 2.83. The zero-order valence-electron chi connectivity index (χ0n) is 17.8. The Bertz CT molecular complexity index is 1170. The number of nitrogens with two attached hydrogens (primary N) is 1. The molecule has 0 aliphatic rings. The highest BCUT2D eigenvalue weighted by Crippen LogP contribution is 2.12. The molecule has 2 aromatic carbocycles. The summed E-state index contributed by atoms with van der Waals surface area (Å²) >= 11 is 0. The topological polar surface area (TPSA) is 136 Å². The van der Waals surface area contributed by atoms with Gasteiger partial charge < -0.3 is 21.1 Å². The van der Waals surface area contributed by atoms with E-state index in [1.54, 1.807) is 43.3 Å². The van der Waals surface area contributed by atoms with Gasteiger partial charge >= 0.3 is 0 Å². The molecule has 33 heavy (non-hydrogen) atoms. The van der Waals surface area contributed by atoms with E-state index in [0.29, 0.717) is 11.3 Å². The second kappa shape index (κ2) is 10.8. The molecule has 3 rings (SSSR count). The molecule has 0 spiro atoms. The Hall–Kier alpha value is -4.34. The van der Waals surface area contributed by atoms with Crippen LogP contribution in [0.2, 0.25) is 0 Å². The van der Waals surface area contributed by atoms with Gasteiger partial charge in [0.25, 0.3) is 17.7 Å². The molecular formula is C23H22FN5O4. The number of ether oxygens (including phenoxy) is 1. The van der Waals surface area contributed by atoms with Crippen LogP contribution in [0.1, 0.15) is 37.7 Å². The standard InChI is InChI=1S/C23H22FN5O4/c1-14-8-16(4-7-18(14)24)11-27-23(32)20-9-19(28-13-29-20)22(31)26-10-15-2-5-17(6-3-15)33-12-21(25)30/h2-9,13H,10-12H2,1H3,(H2,25,30)(H,26,31)(H,27,32). The van der Waals surface area contributed by atoms with Crippen LogP contribution in [0.4, 0.5) is 4.39 Å². The summed E-state index contributed by atoms with van der Waals surface area (Å²) in [6, 6.07) is 12.6. The molecule has 0 unspecified atom stereocenters. The largest absolute Gasteiger partial charge is 0.484 e. The van der Waals surface area contributed by atoms with Gasteiger partial charge in [-0.25, -0.2) is 14.4 Å². The number of amides is 3. The summed E-state index contributed by atoms with van der Waals surface area (Å²) in [5, 5.41) is 5.39. The Morgan fingerprint density at radius 1 is 0.909 bits per heavy atom. The first-order chi connectivity index (χ1) is 15.8. The normalized spacial score (nSPS) is 10.4. The third-order valence-corrected chi connectivity index (χ3v) is 4.57. The minimum absolute atomic E-state index is 0.0323. The minimum atomic E-state index is -0.574. The number of hydrogen-bond acceptors (Lipinski definition) is 6. The van der Waals surface area contributed by atoms with Crippen molar-refractivity contribution in [3.05, 3.63) is 88.8 Å². The summed E-state index contributed by atoms with van der Waals surface area (Å²) < 4.78 is 18.5. The van der Waals surface area contributed by atoms with Gasteiger partial charge in [-0.2, -0.15) is 0 Å². The number of carbonyl (C=O) groups excluding carboxylic acids is 3. The Kier molecular flexibility index (Phi) is 7.64. The van der Waals surface area contributed by atoms with Crippen molar-refractivity contribution in [1.29, 1.82) is 0 Å². The van der Waals surface area contributed by atoms with Gasteiger partial charge in [-0.1, -0.05) is 24.3 Å². The predicted molar refractivity (Wildman–Crippen MR) is 117 cm³/mol. The second-order valence-corrected chi connectivity index (χ2v) is 7.14. The molecule has 0 aliphatic heterocycles. The Morgan fingerprint density at radius 2 is 1.48 bits per heavy atom. The van der Waals surface area contributed by atoms with Crippen LogP contribution in [0.5, 0.6) is 5.75 Å². The number of halogens is 1. The van der Waals surface area contributed by atoms with Gasteiger partial charge in [0.05, 0.1) is 0 Å². The SMILES string of the molecule is Cc1cc(CNC(=O)c2cc(C(=O)NCc3ccc(OCC(N)=O)cc3)ncn2)ccc1F. The van der Waals surface area contributed by atoms with Gasteiger partial charge in [0.15, 0.2) is 6.61 Å². The molecule has 0 bridgehead atoms. The third-order valence-electron chi connectivity index (χ3n) is 4.57. The van der Waals surface area contributed by atoms with Crippen molar-refractivity contribution in [2.75, 3.05) is 6.61 Å². The lowest BCUT2D eigenvalue weighted by atomic mass is 10.1. The number of hydrogen-bond donors (Lipinski definition) is 3. The van der Waals surface area contributed by atoms with Crippen LogP contribution in [0.3, 0.4) is 0 Å². The number of rotatable bonds is 9. The molecule has 3 amide bonds. The monoisotopic (exact) mass is 451 g/mol. The highest BCUT2D eigenvalue weighted by atomic mass is 19.1. The molecule has 3 aromatic rings. The molecule has 0 radical (unpaired) electrons. The maximum Gasteiger partial charge on any atom is 0.270 e. The second-order valence-electron chi connectivity index (χ2n) is 7.14. The minimum Gasteiger partial charge on any atom is -0.484 e. The van der Waals surface area contributed by atoms with Crippen LogP contribution in [-0.4, -0.2) is 34.3 Å². The van der Waals surface area contributed by atoms with Crippen LogP contribution in [-0.2, 0) is 17.9 Å². The quantitative estimate of drug-likeness (QED) is 0.453. The molecule has 1 heterocycles. The van der Waals surface area contributed by atoms with E-state index in [-0.39, 0.29) is 36.9 Å². The van der Waals surface area contributed by atoms with E-state index < -0.39 is 17.7 Å². The van der Waals surface area contributed by atoms with E-state index in [1.807, 2.05) is 0 Å². The summed E-state index contributed by atoms with van der Waals surface area (Å²) in [7, 11) is 0. The molecule has 10 heteroatoms. The lowest BCUT2D eigenvalue weighted by Crippen LogP contribution is -2.27. The fraction of sp³-hybridized carbons (Fsp3) is 0.174. The fourth-order valence-corrected chi connectivity index (χ4v) is 2.83. The zero-order chi connectivity index (χ0) is 23.8. The lowest BCUT2D eigenvalue weighted by Gasteiger charge is -2.08. The van der Waals surface area contributed by atoms with Gasteiger partial charge in [-0.3, -0.25) is 14.4 Å². The van der Waals surface area contributed by atoms with Gasteiger partial charge in [0.2, 0.25) is 0 Å². The predicted octanol–water partition coefficient (Wildman–Crippen LogP) is 1.65. The van der Waals surface area contributed by atoms with Gasteiger partial charge in [-0.05, 0) is 41.8 Å². The summed E-state index contributed by atoms with van der Waals surface area (Å²) in [5.41, 5.74) is 7.11. The highest BCUT2D eigenvalue weighted by molar-refractivity contribution is 5.97. The van der Waals surface area contributed by atoms with Gasteiger partial charge in [0, 0.05) is 19.2 Å². The van der Waals surface area contributed by atoms with E-state index in [9.17, 15) is 18.8 Å². The highest BCUT2D eigenvalue weighted by Gasteiger charge is 2.13. The van der Waals surface area contributed by atoms with Crippen LogP contribution < -0.4 is 21.1 Å². The summed E-state index contributed by atoms with van der Waals surface area (Å²) in [6.45, 7) is 1.82. The van der Waals surface area contributed by atoms with Crippen molar-refractivity contribution in [2.45, 2.75) is 20.0 Å². The van der Waals surface area contributed by atoms with Crippen LogP contribution in [0.25, 0.3) is 0 Å². The number of benzene rings is 2. The van der Waals surface area contributed by atoms with Crippen LogP contribution >= 0.6 is 0 Å².